The van der Waals surface area contributed by atoms with Crippen LogP contribution in [0.5, 0.6) is 0 Å². The molecule has 7 aromatic carbocycles. The molecular weight excluding hydrogens is 623 g/mol. The van der Waals surface area contributed by atoms with Crippen LogP contribution in [-0.4, -0.2) is 14.5 Å². The summed E-state index contributed by atoms with van der Waals surface area (Å²) in [7, 11) is 0. The van der Waals surface area contributed by atoms with Crippen molar-refractivity contribution >= 4 is 54.6 Å². The molecule has 51 heavy (non-hydrogen) atoms. The summed E-state index contributed by atoms with van der Waals surface area (Å²) >= 11 is 0. The Hall–Kier alpha value is -6.52. The second kappa shape index (κ2) is 10.3. The molecule has 0 saturated carbocycles. The molecule has 4 heteroatoms. The van der Waals surface area contributed by atoms with Gasteiger partial charge in [-0.2, -0.15) is 0 Å². The van der Waals surface area contributed by atoms with E-state index in [2.05, 4.69) is 146 Å². The molecule has 0 unspecified atom stereocenters. The van der Waals surface area contributed by atoms with Crippen LogP contribution >= 0.6 is 0 Å². The maximum Gasteiger partial charge on any atom is 0.160 e. The molecule has 1 aliphatic carbocycles. The van der Waals surface area contributed by atoms with Crippen molar-refractivity contribution in [1.82, 2.24) is 14.5 Å². The first-order valence-electron chi connectivity index (χ1n) is 17.5. The Morgan fingerprint density at radius 2 is 1.20 bits per heavy atom. The van der Waals surface area contributed by atoms with Crippen molar-refractivity contribution in [3.63, 3.8) is 0 Å². The van der Waals surface area contributed by atoms with Gasteiger partial charge in [0, 0.05) is 54.7 Å². The van der Waals surface area contributed by atoms with Crippen LogP contribution in [0.3, 0.4) is 0 Å². The summed E-state index contributed by atoms with van der Waals surface area (Å²) < 4.78 is 9.03. The van der Waals surface area contributed by atoms with Gasteiger partial charge in [0.15, 0.2) is 5.82 Å². The van der Waals surface area contributed by atoms with Gasteiger partial charge in [-0.15, -0.1) is 0 Å². The smallest absolute Gasteiger partial charge is 0.160 e. The zero-order valence-corrected chi connectivity index (χ0v) is 28.2. The highest BCUT2D eigenvalue weighted by Gasteiger charge is 2.41. The molecule has 0 aliphatic heterocycles. The van der Waals surface area contributed by atoms with E-state index in [9.17, 15) is 0 Å². The van der Waals surface area contributed by atoms with Gasteiger partial charge in [-0.25, -0.2) is 9.97 Å². The maximum absolute atomic E-state index is 6.62. The highest BCUT2D eigenvalue weighted by Crippen LogP contribution is 2.56. The average molecular weight is 654 g/mol. The van der Waals surface area contributed by atoms with E-state index in [0.717, 1.165) is 55.8 Å². The zero-order chi connectivity index (χ0) is 33.8. The van der Waals surface area contributed by atoms with Crippen molar-refractivity contribution < 1.29 is 4.42 Å². The molecule has 3 aromatic heterocycles. The molecule has 0 amide bonds. The van der Waals surface area contributed by atoms with Gasteiger partial charge in [-0.1, -0.05) is 111 Å². The number of fused-ring (bicyclic) bond motifs is 12. The van der Waals surface area contributed by atoms with E-state index in [-0.39, 0.29) is 5.41 Å². The minimum Gasteiger partial charge on any atom is -0.456 e. The molecule has 0 spiro atoms. The fourth-order valence-corrected chi connectivity index (χ4v) is 8.75. The molecule has 0 saturated heterocycles. The van der Waals surface area contributed by atoms with Crippen LogP contribution in [0.2, 0.25) is 0 Å². The summed E-state index contributed by atoms with van der Waals surface area (Å²) in [5, 5.41) is 5.93. The van der Waals surface area contributed by atoms with Crippen molar-refractivity contribution in [2.75, 3.05) is 0 Å². The third kappa shape index (κ3) is 3.90. The minimum absolute atomic E-state index is 0.278. The number of hydrogen-bond donors (Lipinski definition) is 0. The van der Waals surface area contributed by atoms with E-state index in [0.29, 0.717) is 0 Å². The molecule has 1 aliphatic rings. The summed E-state index contributed by atoms with van der Waals surface area (Å²) in [6.45, 7) is 4.72. The van der Waals surface area contributed by atoms with E-state index < -0.39 is 0 Å². The Morgan fingerprint density at radius 3 is 2.04 bits per heavy atom. The Kier molecular flexibility index (Phi) is 5.70. The zero-order valence-electron chi connectivity index (χ0n) is 28.2. The van der Waals surface area contributed by atoms with Crippen molar-refractivity contribution in [2.24, 2.45) is 0 Å². The van der Waals surface area contributed by atoms with Crippen LogP contribution in [0, 0.1) is 0 Å². The second-order valence-electron chi connectivity index (χ2n) is 14.1. The normalized spacial score (nSPS) is 13.5. The molecule has 0 N–H and O–H groups in total. The van der Waals surface area contributed by atoms with Gasteiger partial charge < -0.3 is 8.98 Å². The van der Waals surface area contributed by atoms with E-state index >= 15 is 0 Å². The summed E-state index contributed by atoms with van der Waals surface area (Å²) in [6.07, 6.45) is 0. The molecule has 0 fully saturated rings. The van der Waals surface area contributed by atoms with Crippen molar-refractivity contribution in [3.05, 3.63) is 163 Å². The van der Waals surface area contributed by atoms with Crippen LogP contribution in [0.4, 0.5) is 0 Å². The summed E-state index contributed by atoms with van der Waals surface area (Å²) in [4.78, 5) is 10.1. The number of hydrogen-bond acceptors (Lipinski definition) is 3. The van der Waals surface area contributed by atoms with E-state index in [1.807, 2.05) is 24.3 Å². The van der Waals surface area contributed by atoms with Gasteiger partial charge >= 0.3 is 0 Å². The number of rotatable bonds is 3. The van der Waals surface area contributed by atoms with Crippen molar-refractivity contribution in [3.8, 4) is 39.5 Å². The molecule has 3 heterocycles. The standard InChI is InChI=1S/C47H31N3O/c1-47(2)42-32(33-24-25-34-31-14-8-11-19-40(31)51-45(34)43(33)47)26-27-39-41(42)36-16-7-10-18-38(36)50(39)30-22-20-29(21-23-30)46-48-37-17-9-6-15-35(37)44(49-46)28-12-4-3-5-13-28/h3-27H,1-2H3. The fourth-order valence-electron chi connectivity index (χ4n) is 8.75. The Morgan fingerprint density at radius 1 is 0.510 bits per heavy atom. The Bertz CT molecular complexity index is 3040. The monoisotopic (exact) mass is 653 g/mol. The van der Waals surface area contributed by atoms with Crippen molar-refractivity contribution in [1.29, 1.82) is 0 Å². The topological polar surface area (TPSA) is 43.9 Å². The predicted octanol–water partition coefficient (Wildman–Crippen LogP) is 12.3. The lowest BCUT2D eigenvalue weighted by Crippen LogP contribution is -2.15. The van der Waals surface area contributed by atoms with Crippen LogP contribution in [0.15, 0.2) is 156 Å². The van der Waals surface area contributed by atoms with Gasteiger partial charge in [0.25, 0.3) is 0 Å². The highest BCUT2D eigenvalue weighted by atomic mass is 16.3. The average Bonchev–Trinajstić information content (AvgIpc) is 3.80. The number of para-hydroxylation sites is 3. The molecular formula is C47H31N3O. The lowest BCUT2D eigenvalue weighted by Gasteiger charge is -2.23. The molecule has 0 atom stereocenters. The Balaban J connectivity index is 1.09. The fraction of sp³-hybridized carbons (Fsp3) is 0.0638. The maximum atomic E-state index is 6.62. The van der Waals surface area contributed by atoms with Gasteiger partial charge in [0.2, 0.25) is 0 Å². The van der Waals surface area contributed by atoms with Crippen LogP contribution in [0.25, 0.3) is 94.1 Å². The van der Waals surface area contributed by atoms with Crippen molar-refractivity contribution in [2.45, 2.75) is 19.3 Å². The van der Waals surface area contributed by atoms with Crippen LogP contribution in [-0.2, 0) is 5.41 Å². The molecule has 10 aromatic rings. The number of nitrogens with zero attached hydrogens (tertiary/aromatic N) is 3. The molecule has 4 nitrogen and oxygen atoms in total. The molecule has 11 rings (SSSR count). The van der Waals surface area contributed by atoms with E-state index in [1.165, 1.54) is 49.4 Å². The lowest BCUT2D eigenvalue weighted by molar-refractivity contribution is 0.622. The molecule has 0 radical (unpaired) electrons. The molecule has 0 bridgehead atoms. The minimum atomic E-state index is -0.278. The summed E-state index contributed by atoms with van der Waals surface area (Å²) in [6, 6.07) is 53.7. The molecule has 240 valence electrons. The summed E-state index contributed by atoms with van der Waals surface area (Å²) in [5.74, 6) is 0.718. The second-order valence-corrected chi connectivity index (χ2v) is 14.1. The van der Waals surface area contributed by atoms with Gasteiger partial charge in [-0.3, -0.25) is 0 Å². The number of furan rings is 1. The summed E-state index contributed by atoms with van der Waals surface area (Å²) in [5.41, 5.74) is 14.2. The van der Waals surface area contributed by atoms with Gasteiger partial charge in [-0.05, 0) is 71.3 Å². The van der Waals surface area contributed by atoms with Crippen LogP contribution < -0.4 is 0 Å². The van der Waals surface area contributed by atoms with E-state index in [1.54, 1.807) is 0 Å². The van der Waals surface area contributed by atoms with E-state index in [4.69, 9.17) is 14.4 Å². The Labute approximate surface area is 294 Å². The highest BCUT2D eigenvalue weighted by molar-refractivity contribution is 6.16. The largest absolute Gasteiger partial charge is 0.456 e. The quantitative estimate of drug-likeness (QED) is 0.191. The number of aromatic nitrogens is 3. The third-order valence-corrected chi connectivity index (χ3v) is 11.0. The third-order valence-electron chi connectivity index (χ3n) is 11.0. The lowest BCUT2D eigenvalue weighted by atomic mass is 9.80. The number of benzene rings is 7. The SMILES string of the molecule is CC1(C)c2c(ccc3c2oc2ccccc23)-c2ccc3c(c21)c1ccccc1n3-c1ccc(-c2nc(-c3ccccc3)c3ccccc3n2)cc1. The van der Waals surface area contributed by atoms with Gasteiger partial charge in [0.05, 0.1) is 22.2 Å². The first kappa shape index (κ1) is 28.3. The predicted molar refractivity (Wildman–Crippen MR) is 210 cm³/mol. The van der Waals surface area contributed by atoms with Crippen LogP contribution in [0.1, 0.15) is 25.0 Å². The first-order chi connectivity index (χ1) is 25.1. The first-order valence-corrected chi connectivity index (χ1v) is 17.5. The van der Waals surface area contributed by atoms with Gasteiger partial charge in [0.1, 0.15) is 11.2 Å².